The minimum Gasteiger partial charge on any atom is -0.474 e. The molecule has 0 radical (unpaired) electrons. The number of hydrogen-bond donors (Lipinski definition) is 1. The summed E-state index contributed by atoms with van der Waals surface area (Å²) in [5, 5.41) is 2.98. The minimum absolute atomic E-state index is 0.282. The highest BCUT2D eigenvalue weighted by atomic mass is 32.1. The fraction of sp³-hybridized carbons (Fsp3) is 0.538. The van der Waals surface area contributed by atoms with Crippen molar-refractivity contribution in [2.45, 2.75) is 44.6 Å². The lowest BCUT2D eigenvalue weighted by Gasteiger charge is -2.16. The normalized spacial score (nSPS) is 17.8. The molecule has 0 saturated heterocycles. The molecular formula is C13H17N3OS. The summed E-state index contributed by atoms with van der Waals surface area (Å²) >= 11 is 1.57. The molecule has 1 aliphatic rings. The lowest BCUT2D eigenvalue weighted by molar-refractivity contribution is 0.179. The van der Waals surface area contributed by atoms with Crippen molar-refractivity contribution in [1.29, 1.82) is 0 Å². The average Bonchev–Trinajstić information content (AvgIpc) is 2.66. The second kappa shape index (κ2) is 5.10. The van der Waals surface area contributed by atoms with Gasteiger partial charge in [0.2, 0.25) is 11.8 Å². The Morgan fingerprint density at radius 2 is 1.94 bits per heavy atom. The SMILES string of the molecule is Nc1nc(OC2CCCCCC2)c2ccsc2n1. The number of thiophene rings is 1. The van der Waals surface area contributed by atoms with E-state index in [0.717, 1.165) is 23.1 Å². The van der Waals surface area contributed by atoms with E-state index in [4.69, 9.17) is 10.5 Å². The number of ether oxygens (including phenoxy) is 1. The van der Waals surface area contributed by atoms with E-state index in [2.05, 4.69) is 9.97 Å². The zero-order valence-corrected chi connectivity index (χ0v) is 11.1. The molecule has 0 amide bonds. The van der Waals surface area contributed by atoms with Gasteiger partial charge in [0.05, 0.1) is 5.39 Å². The first-order valence-electron chi connectivity index (χ1n) is 6.50. The number of nitrogen functional groups attached to an aromatic ring is 1. The van der Waals surface area contributed by atoms with Gasteiger partial charge in [-0.15, -0.1) is 11.3 Å². The lowest BCUT2D eigenvalue weighted by atomic mass is 10.1. The number of nitrogens with zero attached hydrogens (tertiary/aromatic N) is 2. The first kappa shape index (κ1) is 11.7. The van der Waals surface area contributed by atoms with Crippen LogP contribution in [0.2, 0.25) is 0 Å². The van der Waals surface area contributed by atoms with Gasteiger partial charge in [-0.3, -0.25) is 0 Å². The molecule has 3 rings (SSSR count). The van der Waals surface area contributed by atoms with E-state index in [0.29, 0.717) is 11.8 Å². The van der Waals surface area contributed by atoms with Gasteiger partial charge < -0.3 is 10.5 Å². The third kappa shape index (κ3) is 2.41. The number of nitrogens with two attached hydrogens (primary N) is 1. The second-order valence-electron chi connectivity index (χ2n) is 4.76. The molecule has 0 bridgehead atoms. The zero-order valence-electron chi connectivity index (χ0n) is 10.3. The molecule has 1 aliphatic carbocycles. The predicted molar refractivity (Wildman–Crippen MR) is 73.9 cm³/mol. The molecule has 0 unspecified atom stereocenters. The van der Waals surface area contributed by atoms with Crippen LogP contribution in [0.5, 0.6) is 5.88 Å². The van der Waals surface area contributed by atoms with Gasteiger partial charge >= 0.3 is 0 Å². The minimum atomic E-state index is 0.282. The van der Waals surface area contributed by atoms with Crippen molar-refractivity contribution in [3.8, 4) is 5.88 Å². The van der Waals surface area contributed by atoms with Gasteiger partial charge in [-0.1, -0.05) is 12.8 Å². The molecular weight excluding hydrogens is 246 g/mol. The third-order valence-electron chi connectivity index (χ3n) is 3.39. The van der Waals surface area contributed by atoms with Gasteiger partial charge in [0, 0.05) is 0 Å². The molecule has 0 aromatic carbocycles. The fourth-order valence-corrected chi connectivity index (χ4v) is 3.21. The maximum absolute atomic E-state index is 6.06. The maximum atomic E-state index is 6.06. The summed E-state index contributed by atoms with van der Waals surface area (Å²) in [6.07, 6.45) is 7.66. The van der Waals surface area contributed by atoms with Crippen LogP contribution in [0.4, 0.5) is 5.95 Å². The molecule has 4 nitrogen and oxygen atoms in total. The topological polar surface area (TPSA) is 61.0 Å². The molecule has 2 heterocycles. The Hall–Kier alpha value is -1.36. The Kier molecular flexibility index (Phi) is 3.32. The van der Waals surface area contributed by atoms with Gasteiger partial charge in [-0.2, -0.15) is 4.98 Å². The molecule has 0 spiro atoms. The molecule has 96 valence electrons. The van der Waals surface area contributed by atoms with Crippen LogP contribution in [0.25, 0.3) is 10.2 Å². The van der Waals surface area contributed by atoms with E-state index >= 15 is 0 Å². The van der Waals surface area contributed by atoms with Crippen molar-refractivity contribution in [2.75, 3.05) is 5.73 Å². The molecule has 0 atom stereocenters. The van der Waals surface area contributed by atoms with E-state index < -0.39 is 0 Å². The quantitative estimate of drug-likeness (QED) is 0.844. The summed E-state index contributed by atoms with van der Waals surface area (Å²) in [6.45, 7) is 0. The van der Waals surface area contributed by atoms with Crippen molar-refractivity contribution in [2.24, 2.45) is 0 Å². The van der Waals surface area contributed by atoms with Gasteiger partial charge in [0.15, 0.2) is 0 Å². The Morgan fingerprint density at radius 3 is 2.72 bits per heavy atom. The number of rotatable bonds is 2. The van der Waals surface area contributed by atoms with Crippen molar-refractivity contribution >= 4 is 27.5 Å². The second-order valence-corrected chi connectivity index (χ2v) is 5.65. The average molecular weight is 263 g/mol. The highest BCUT2D eigenvalue weighted by Gasteiger charge is 2.17. The predicted octanol–water partition coefficient (Wildman–Crippen LogP) is 3.38. The van der Waals surface area contributed by atoms with Crippen molar-refractivity contribution in [3.05, 3.63) is 11.4 Å². The van der Waals surface area contributed by atoms with Crippen molar-refractivity contribution in [1.82, 2.24) is 9.97 Å². The van der Waals surface area contributed by atoms with Crippen LogP contribution in [0.15, 0.2) is 11.4 Å². The van der Waals surface area contributed by atoms with Gasteiger partial charge in [-0.25, -0.2) is 4.98 Å². The van der Waals surface area contributed by atoms with Crippen LogP contribution in [0.3, 0.4) is 0 Å². The highest BCUT2D eigenvalue weighted by Crippen LogP contribution is 2.30. The zero-order chi connectivity index (χ0) is 12.4. The number of anilines is 1. The van der Waals surface area contributed by atoms with E-state index in [-0.39, 0.29) is 6.10 Å². The number of fused-ring (bicyclic) bond motifs is 1. The first-order valence-corrected chi connectivity index (χ1v) is 7.38. The number of aromatic nitrogens is 2. The molecule has 2 aromatic heterocycles. The summed E-state index contributed by atoms with van der Waals surface area (Å²) in [5.74, 6) is 0.958. The Labute approximate surface area is 110 Å². The van der Waals surface area contributed by atoms with Crippen LogP contribution in [-0.4, -0.2) is 16.1 Å². The van der Waals surface area contributed by atoms with Crippen molar-refractivity contribution in [3.63, 3.8) is 0 Å². The van der Waals surface area contributed by atoms with Crippen LogP contribution in [-0.2, 0) is 0 Å². The van der Waals surface area contributed by atoms with Gasteiger partial charge in [0.25, 0.3) is 0 Å². The molecule has 0 aliphatic heterocycles. The summed E-state index contributed by atoms with van der Waals surface area (Å²) in [5.41, 5.74) is 5.72. The lowest BCUT2D eigenvalue weighted by Crippen LogP contribution is -2.16. The summed E-state index contributed by atoms with van der Waals surface area (Å²) in [4.78, 5) is 9.37. The van der Waals surface area contributed by atoms with Crippen LogP contribution >= 0.6 is 11.3 Å². The van der Waals surface area contributed by atoms with Crippen LogP contribution in [0.1, 0.15) is 38.5 Å². The summed E-state index contributed by atoms with van der Waals surface area (Å²) in [7, 11) is 0. The standard InChI is InChI=1S/C13H17N3OS/c14-13-15-11(10-7-8-18-12(10)16-13)17-9-5-3-1-2-4-6-9/h7-9H,1-6H2,(H2,14,15,16). The highest BCUT2D eigenvalue weighted by molar-refractivity contribution is 7.16. The monoisotopic (exact) mass is 263 g/mol. The van der Waals surface area contributed by atoms with Gasteiger partial charge in [-0.05, 0) is 37.1 Å². The molecule has 5 heteroatoms. The van der Waals surface area contributed by atoms with E-state index in [1.54, 1.807) is 11.3 Å². The van der Waals surface area contributed by atoms with E-state index in [1.165, 1.54) is 25.7 Å². The molecule has 1 fully saturated rings. The van der Waals surface area contributed by atoms with Crippen LogP contribution in [0, 0.1) is 0 Å². The third-order valence-corrected chi connectivity index (χ3v) is 4.19. The van der Waals surface area contributed by atoms with Crippen LogP contribution < -0.4 is 10.5 Å². The summed E-state index contributed by atoms with van der Waals surface area (Å²) < 4.78 is 6.06. The summed E-state index contributed by atoms with van der Waals surface area (Å²) in [6, 6.07) is 2.01. The molecule has 18 heavy (non-hydrogen) atoms. The maximum Gasteiger partial charge on any atom is 0.227 e. The Balaban J connectivity index is 1.86. The van der Waals surface area contributed by atoms with Gasteiger partial charge in [0.1, 0.15) is 10.9 Å². The first-order chi connectivity index (χ1) is 8.83. The smallest absolute Gasteiger partial charge is 0.227 e. The van der Waals surface area contributed by atoms with Crippen molar-refractivity contribution < 1.29 is 4.74 Å². The molecule has 2 N–H and O–H groups in total. The molecule has 1 saturated carbocycles. The Morgan fingerprint density at radius 1 is 1.17 bits per heavy atom. The Bertz CT molecular complexity index is 532. The number of hydrogen-bond acceptors (Lipinski definition) is 5. The largest absolute Gasteiger partial charge is 0.474 e. The van der Waals surface area contributed by atoms with E-state index in [9.17, 15) is 0 Å². The molecule has 2 aromatic rings. The van der Waals surface area contributed by atoms with E-state index in [1.807, 2.05) is 11.4 Å². The fourth-order valence-electron chi connectivity index (χ4n) is 2.45.